The summed E-state index contributed by atoms with van der Waals surface area (Å²) >= 11 is 12.7. The van der Waals surface area contributed by atoms with Gasteiger partial charge in [-0.1, -0.05) is 41.4 Å². The number of ether oxygens (including phenoxy) is 1. The van der Waals surface area contributed by atoms with Crippen molar-refractivity contribution in [3.05, 3.63) is 87.2 Å². The van der Waals surface area contributed by atoms with Crippen LogP contribution in [-0.2, 0) is 10.3 Å². The van der Waals surface area contributed by atoms with Gasteiger partial charge in [0, 0.05) is 28.7 Å². The average Bonchev–Trinajstić information content (AvgIpc) is 3.53. The Balaban J connectivity index is 1.43. The predicted molar refractivity (Wildman–Crippen MR) is 150 cm³/mol. The van der Waals surface area contributed by atoms with Crippen molar-refractivity contribution < 1.29 is 23.8 Å². The maximum atomic E-state index is 16.1. The van der Waals surface area contributed by atoms with E-state index in [-0.39, 0.29) is 29.1 Å². The number of nitrogens with zero attached hydrogens (tertiary/aromatic N) is 3. The average molecular weight is 593 g/mol. The SMILES string of the molecule is O=C(O)c1ccc2c3n(nc2c1)[C@@H]1[C@H](CO3)N(CC2CC2)[C@@]2(C(=O)Nc3cc(Cl)ccc32)[C@H]1c1cccc(Cl)c1F. The van der Waals surface area contributed by atoms with Crippen LogP contribution in [0.25, 0.3) is 10.9 Å². The molecular weight excluding hydrogens is 570 g/mol. The van der Waals surface area contributed by atoms with Gasteiger partial charge in [0.05, 0.1) is 33.6 Å². The molecule has 0 radical (unpaired) electrons. The fourth-order valence-electron chi connectivity index (χ4n) is 7.22. The fraction of sp³-hybridized carbons (Fsp3) is 0.300. The van der Waals surface area contributed by atoms with Gasteiger partial charge >= 0.3 is 5.97 Å². The van der Waals surface area contributed by atoms with E-state index in [0.29, 0.717) is 45.5 Å². The predicted octanol–water partition coefficient (Wildman–Crippen LogP) is 5.84. The third-order valence-corrected chi connectivity index (χ3v) is 9.59. The molecule has 41 heavy (non-hydrogen) atoms. The van der Waals surface area contributed by atoms with Crippen LogP contribution in [0.4, 0.5) is 10.1 Å². The Morgan fingerprint density at radius 2 is 2.00 bits per heavy atom. The van der Waals surface area contributed by atoms with E-state index in [1.807, 2.05) is 6.07 Å². The van der Waals surface area contributed by atoms with Crippen LogP contribution in [0, 0.1) is 11.7 Å². The number of aromatic nitrogens is 2. The van der Waals surface area contributed by atoms with Crippen molar-refractivity contribution in [2.45, 2.75) is 36.4 Å². The summed E-state index contributed by atoms with van der Waals surface area (Å²) in [6.07, 6.45) is 2.09. The van der Waals surface area contributed by atoms with Crippen molar-refractivity contribution in [2.75, 3.05) is 18.5 Å². The lowest BCUT2D eigenvalue weighted by atomic mass is 9.73. The molecule has 3 aromatic carbocycles. The van der Waals surface area contributed by atoms with Crippen molar-refractivity contribution in [3.63, 3.8) is 0 Å². The number of fused-ring (bicyclic) bond motifs is 7. The molecule has 0 unspecified atom stereocenters. The Bertz CT molecular complexity index is 1810. The Morgan fingerprint density at radius 1 is 1.17 bits per heavy atom. The highest BCUT2D eigenvalue weighted by Crippen LogP contribution is 2.63. The molecule has 1 saturated heterocycles. The molecule has 8 rings (SSSR count). The summed E-state index contributed by atoms with van der Waals surface area (Å²) in [4.78, 5) is 28.3. The summed E-state index contributed by atoms with van der Waals surface area (Å²) in [5.74, 6) is -1.80. The van der Waals surface area contributed by atoms with E-state index in [1.54, 1.807) is 35.0 Å². The van der Waals surface area contributed by atoms with Crippen molar-refractivity contribution in [1.29, 1.82) is 0 Å². The third-order valence-electron chi connectivity index (χ3n) is 9.07. The van der Waals surface area contributed by atoms with Crippen LogP contribution in [0.3, 0.4) is 0 Å². The van der Waals surface area contributed by atoms with Crippen LogP contribution in [0.2, 0.25) is 10.0 Å². The maximum Gasteiger partial charge on any atom is 0.335 e. The van der Waals surface area contributed by atoms with Crippen molar-refractivity contribution in [1.82, 2.24) is 14.7 Å². The van der Waals surface area contributed by atoms with Gasteiger partial charge in [-0.05, 0) is 60.7 Å². The number of hydrogen-bond acceptors (Lipinski definition) is 5. The van der Waals surface area contributed by atoms with Crippen molar-refractivity contribution >= 4 is 51.7 Å². The van der Waals surface area contributed by atoms with Crippen LogP contribution < -0.4 is 10.1 Å². The summed E-state index contributed by atoms with van der Waals surface area (Å²) in [6.45, 7) is 0.869. The number of carbonyl (C=O) groups is 2. The van der Waals surface area contributed by atoms with E-state index in [2.05, 4.69) is 10.2 Å². The lowest BCUT2D eigenvalue weighted by Crippen LogP contribution is -2.54. The quantitative estimate of drug-likeness (QED) is 0.309. The smallest absolute Gasteiger partial charge is 0.335 e. The van der Waals surface area contributed by atoms with Gasteiger partial charge < -0.3 is 15.2 Å². The van der Waals surface area contributed by atoms with Gasteiger partial charge in [-0.3, -0.25) is 9.69 Å². The van der Waals surface area contributed by atoms with E-state index in [0.717, 1.165) is 18.4 Å². The Kier molecular flexibility index (Phi) is 5.31. The second-order valence-corrected chi connectivity index (χ2v) is 12.1. The van der Waals surface area contributed by atoms with Gasteiger partial charge in [-0.2, -0.15) is 5.10 Å². The van der Waals surface area contributed by atoms with E-state index in [4.69, 9.17) is 33.0 Å². The highest BCUT2D eigenvalue weighted by atomic mass is 35.5. The number of hydrogen-bond donors (Lipinski definition) is 2. The molecule has 3 aliphatic heterocycles. The monoisotopic (exact) mass is 592 g/mol. The van der Waals surface area contributed by atoms with E-state index >= 15 is 4.39 Å². The normalized spacial score (nSPS) is 26.5. The first-order valence-electron chi connectivity index (χ1n) is 13.5. The van der Waals surface area contributed by atoms with Gasteiger partial charge in [0.2, 0.25) is 11.8 Å². The molecule has 2 fully saturated rings. The summed E-state index contributed by atoms with van der Waals surface area (Å²) < 4.78 is 24.2. The molecule has 4 aliphatic rings. The van der Waals surface area contributed by atoms with Crippen LogP contribution in [0.15, 0.2) is 54.6 Å². The first kappa shape index (κ1) is 25.1. The summed E-state index contributed by atoms with van der Waals surface area (Å²) in [5, 5.41) is 18.6. The minimum Gasteiger partial charge on any atom is -0.478 e. The van der Waals surface area contributed by atoms with E-state index in [9.17, 15) is 14.7 Å². The second kappa shape index (κ2) is 8.67. The molecule has 11 heteroatoms. The van der Waals surface area contributed by atoms with Crippen LogP contribution in [0.5, 0.6) is 5.88 Å². The number of carboxylic acid groups (broad SMARTS) is 1. The molecule has 4 aromatic rings. The van der Waals surface area contributed by atoms with Gasteiger partial charge in [-0.15, -0.1) is 0 Å². The molecule has 208 valence electrons. The standard InChI is InChI=1S/C30H23Cl2FN4O4/c31-16-7-9-19-22(11-16)34-29(40)30(19)24(18-2-1-3-20(32)25(18)33)26-23(36(30)12-14-4-5-14)13-41-27-17-8-6-15(28(38)39)10-21(17)35-37(26)27/h1-3,6-11,14,23-24,26H,4-5,12-13H2,(H,34,40)(H,38,39)/t23-,24-,26+,30+/m0/s1. The molecule has 1 amide bonds. The third kappa shape index (κ3) is 3.40. The molecule has 1 aliphatic carbocycles. The number of amides is 1. The lowest BCUT2D eigenvalue weighted by molar-refractivity contribution is -0.128. The van der Waals surface area contributed by atoms with Gasteiger partial charge in [0.1, 0.15) is 18.0 Å². The molecular formula is C30H23Cl2FN4O4. The highest BCUT2D eigenvalue weighted by Gasteiger charge is 2.69. The molecule has 0 bridgehead atoms. The fourth-order valence-corrected chi connectivity index (χ4v) is 7.58. The summed E-state index contributed by atoms with van der Waals surface area (Å²) in [6, 6.07) is 14.0. The second-order valence-electron chi connectivity index (χ2n) is 11.3. The van der Waals surface area contributed by atoms with E-state index in [1.165, 1.54) is 18.2 Å². The first-order valence-corrected chi connectivity index (χ1v) is 14.2. The number of halogens is 3. The molecule has 4 atom stereocenters. The zero-order valence-electron chi connectivity index (χ0n) is 21.5. The van der Waals surface area contributed by atoms with Gasteiger partial charge in [0.15, 0.2) is 0 Å². The van der Waals surface area contributed by atoms with Crippen LogP contribution >= 0.6 is 23.2 Å². The van der Waals surface area contributed by atoms with Gasteiger partial charge in [0.25, 0.3) is 0 Å². The lowest BCUT2D eigenvalue weighted by Gasteiger charge is -2.39. The van der Waals surface area contributed by atoms with Crippen LogP contribution in [0.1, 0.15) is 46.3 Å². The zero-order chi connectivity index (χ0) is 28.2. The molecule has 4 heterocycles. The molecule has 1 saturated carbocycles. The Morgan fingerprint density at radius 3 is 2.78 bits per heavy atom. The highest BCUT2D eigenvalue weighted by molar-refractivity contribution is 6.31. The number of rotatable bonds is 4. The largest absolute Gasteiger partial charge is 0.478 e. The van der Waals surface area contributed by atoms with Crippen molar-refractivity contribution in [2.24, 2.45) is 5.92 Å². The molecule has 2 N–H and O–H groups in total. The number of nitrogens with one attached hydrogen (secondary N) is 1. The summed E-state index contributed by atoms with van der Waals surface area (Å²) in [5.41, 5.74) is 0.871. The zero-order valence-corrected chi connectivity index (χ0v) is 23.0. The number of carboxylic acids is 1. The number of carbonyl (C=O) groups excluding carboxylic acids is 1. The molecule has 1 aromatic heterocycles. The number of benzene rings is 3. The Labute approximate surface area is 243 Å². The molecule has 1 spiro atoms. The number of anilines is 1. The van der Waals surface area contributed by atoms with E-state index < -0.39 is 29.3 Å². The van der Waals surface area contributed by atoms with Crippen LogP contribution in [-0.4, -0.2) is 50.9 Å². The first-order chi connectivity index (χ1) is 19.8. The number of likely N-dealkylation sites (tertiary alicyclic amines) is 1. The number of aromatic carboxylic acids is 1. The molecule has 8 nitrogen and oxygen atoms in total. The Hall–Kier alpha value is -3.66. The topological polar surface area (TPSA) is 96.7 Å². The van der Waals surface area contributed by atoms with Gasteiger partial charge in [-0.25, -0.2) is 13.9 Å². The van der Waals surface area contributed by atoms with Crippen molar-refractivity contribution in [3.8, 4) is 5.88 Å². The maximum absolute atomic E-state index is 16.1. The summed E-state index contributed by atoms with van der Waals surface area (Å²) in [7, 11) is 0. The minimum atomic E-state index is -1.29. The minimum absolute atomic E-state index is 0.0337.